The van der Waals surface area contributed by atoms with Crippen LogP contribution in [0, 0.1) is 0 Å². The molecular weight excluding hydrogens is 436 g/mol. The minimum Gasteiger partial charge on any atom is -0.157 e. The Balaban J connectivity index is 1.64. The Morgan fingerprint density at radius 1 is 0.424 bits per heavy atom. The highest BCUT2D eigenvalue weighted by Crippen LogP contribution is 2.50. The zero-order valence-corrected chi connectivity index (χ0v) is 20.2. The number of rotatable bonds is 0. The molecule has 4 bridgehead atoms. The highest BCUT2D eigenvalue weighted by molar-refractivity contribution is 7.98. The van der Waals surface area contributed by atoms with Gasteiger partial charge in [0.15, 0.2) is 0 Å². The lowest BCUT2D eigenvalue weighted by Gasteiger charge is -2.23. The van der Waals surface area contributed by atoms with Gasteiger partial charge in [0.2, 0.25) is 0 Å². The van der Waals surface area contributed by atoms with E-state index in [1.807, 2.05) is 0 Å². The van der Waals surface area contributed by atoms with Gasteiger partial charge in [-0.3, -0.25) is 0 Å². The first-order valence-corrected chi connectivity index (χ1v) is 14.5. The molecule has 0 aliphatic carbocycles. The number of hydrogen-bond acceptors (Lipinski definition) is 2. The van der Waals surface area contributed by atoms with Gasteiger partial charge in [-0.1, -0.05) is 55.0 Å². The summed E-state index contributed by atoms with van der Waals surface area (Å²) in [6.45, 7) is 0. The van der Waals surface area contributed by atoms with E-state index in [2.05, 4.69) is 84.2 Å². The zero-order valence-electron chi connectivity index (χ0n) is 18.5. The molecule has 7 aromatic carbocycles. The predicted octanol–water partition coefficient (Wildman–Crippen LogP) is 9.57. The average molecular weight is 461 g/mol. The number of benzene rings is 7. The van der Waals surface area contributed by atoms with Gasteiger partial charge in [0, 0.05) is 11.5 Å². The second-order valence-corrected chi connectivity index (χ2v) is 11.9. The van der Waals surface area contributed by atoms with Crippen LogP contribution < -0.4 is 0 Å². The second-order valence-electron chi connectivity index (χ2n) is 9.74. The summed E-state index contributed by atoms with van der Waals surface area (Å²) in [4.78, 5) is 0. The van der Waals surface area contributed by atoms with Crippen molar-refractivity contribution >= 4 is 88.2 Å². The van der Waals surface area contributed by atoms with Gasteiger partial charge < -0.3 is 0 Å². The van der Waals surface area contributed by atoms with Crippen LogP contribution >= 0.6 is 23.5 Å². The van der Waals surface area contributed by atoms with Crippen molar-refractivity contribution in [1.82, 2.24) is 0 Å². The van der Waals surface area contributed by atoms with Gasteiger partial charge in [0.1, 0.15) is 0 Å². The first-order valence-electron chi connectivity index (χ1n) is 12.2. The fourth-order valence-corrected chi connectivity index (χ4v) is 8.44. The van der Waals surface area contributed by atoms with Crippen molar-refractivity contribution in [2.45, 2.75) is 30.8 Å². The first kappa shape index (κ1) is 18.9. The van der Waals surface area contributed by atoms with Gasteiger partial charge in [-0.2, -0.15) is 23.5 Å². The molecular formula is C31H24S2. The summed E-state index contributed by atoms with van der Waals surface area (Å²) in [6, 6.07) is 24.0. The lowest BCUT2D eigenvalue weighted by atomic mass is 9.81. The monoisotopic (exact) mass is 460 g/mol. The molecule has 160 valence electrons. The van der Waals surface area contributed by atoms with Crippen molar-refractivity contribution in [3.8, 4) is 0 Å². The Hall–Kier alpha value is -2.42. The topological polar surface area (TPSA) is 0 Å². The Morgan fingerprint density at radius 3 is 1.36 bits per heavy atom. The molecule has 1 aliphatic heterocycles. The molecule has 0 nitrogen and oxygen atoms in total. The summed E-state index contributed by atoms with van der Waals surface area (Å²) < 4.78 is 0. The van der Waals surface area contributed by atoms with E-state index in [9.17, 15) is 0 Å². The standard InChI is InChI=1S/C31H24S2/c1-2-12-32-16-22-14-20-6-7-21-15-23(17-33-13-3-1)25-11-9-19-5-4-18-8-10-24(22)30-26(18)27(19)31(25)29(21)28(20)30/h4-11,14-15H,1-3,12-13,16-17H2. The van der Waals surface area contributed by atoms with Gasteiger partial charge in [-0.15, -0.1) is 0 Å². The fraction of sp³-hybridized carbons (Fsp3) is 0.226. The Kier molecular flexibility index (Phi) is 4.04. The molecule has 8 rings (SSSR count). The summed E-state index contributed by atoms with van der Waals surface area (Å²) in [5, 5.41) is 17.5. The zero-order chi connectivity index (χ0) is 21.5. The van der Waals surface area contributed by atoms with Crippen molar-refractivity contribution in [1.29, 1.82) is 0 Å². The fourth-order valence-electron chi connectivity index (χ4n) is 6.42. The minimum absolute atomic E-state index is 1.11. The van der Waals surface area contributed by atoms with E-state index in [0.717, 1.165) is 11.5 Å². The Morgan fingerprint density at radius 2 is 0.848 bits per heavy atom. The van der Waals surface area contributed by atoms with E-state index in [-0.39, 0.29) is 0 Å². The maximum Gasteiger partial charge on any atom is 0.0190 e. The van der Waals surface area contributed by atoms with E-state index in [4.69, 9.17) is 0 Å². The van der Waals surface area contributed by atoms with Gasteiger partial charge in [0.25, 0.3) is 0 Å². The molecule has 0 aromatic heterocycles. The van der Waals surface area contributed by atoms with Crippen molar-refractivity contribution in [3.05, 3.63) is 71.8 Å². The van der Waals surface area contributed by atoms with Crippen LogP contribution in [-0.4, -0.2) is 11.5 Å². The van der Waals surface area contributed by atoms with Crippen molar-refractivity contribution in [2.75, 3.05) is 11.5 Å². The maximum absolute atomic E-state index is 2.50. The molecule has 2 heteroatoms. The molecule has 0 saturated heterocycles. The smallest absolute Gasteiger partial charge is 0.0190 e. The maximum atomic E-state index is 2.50. The third kappa shape index (κ3) is 2.57. The van der Waals surface area contributed by atoms with Crippen LogP contribution in [0.4, 0.5) is 0 Å². The Labute approximate surface area is 201 Å². The molecule has 0 spiro atoms. The van der Waals surface area contributed by atoms with Crippen LogP contribution in [-0.2, 0) is 11.5 Å². The molecule has 0 N–H and O–H groups in total. The predicted molar refractivity (Wildman–Crippen MR) is 151 cm³/mol. The lowest BCUT2D eigenvalue weighted by molar-refractivity contribution is 0.785. The highest BCUT2D eigenvalue weighted by Gasteiger charge is 2.22. The van der Waals surface area contributed by atoms with E-state index < -0.39 is 0 Å². The first-order chi connectivity index (χ1) is 16.4. The third-order valence-electron chi connectivity index (χ3n) is 7.88. The van der Waals surface area contributed by atoms with E-state index in [0.29, 0.717) is 0 Å². The van der Waals surface area contributed by atoms with Crippen LogP contribution in [0.3, 0.4) is 0 Å². The van der Waals surface area contributed by atoms with Crippen LogP contribution in [0.5, 0.6) is 0 Å². The van der Waals surface area contributed by atoms with Crippen molar-refractivity contribution in [2.24, 2.45) is 0 Å². The van der Waals surface area contributed by atoms with Gasteiger partial charge >= 0.3 is 0 Å². The van der Waals surface area contributed by atoms with Crippen LogP contribution in [0.15, 0.2) is 60.7 Å². The SMILES string of the molecule is c1cc2ccc3c4cc5ccc6cc(c7ccc1c1c2c3c5c6c71)CSCCCCCSC4. The molecule has 33 heavy (non-hydrogen) atoms. The summed E-state index contributed by atoms with van der Waals surface area (Å²) in [7, 11) is 0. The van der Waals surface area contributed by atoms with Crippen LogP contribution in [0.2, 0.25) is 0 Å². The molecule has 0 saturated carbocycles. The molecule has 0 radical (unpaired) electrons. The van der Waals surface area contributed by atoms with E-state index in [1.165, 1.54) is 107 Å². The minimum atomic E-state index is 1.11. The molecule has 0 atom stereocenters. The van der Waals surface area contributed by atoms with E-state index >= 15 is 0 Å². The molecule has 0 unspecified atom stereocenters. The van der Waals surface area contributed by atoms with Crippen molar-refractivity contribution < 1.29 is 0 Å². The summed E-state index contributed by atoms with van der Waals surface area (Å²) >= 11 is 4.24. The van der Waals surface area contributed by atoms with Gasteiger partial charge in [-0.05, 0) is 112 Å². The molecule has 0 fully saturated rings. The quantitative estimate of drug-likeness (QED) is 0.163. The van der Waals surface area contributed by atoms with Gasteiger partial charge in [0.05, 0.1) is 0 Å². The Bertz CT molecular complexity index is 1640. The lowest BCUT2D eigenvalue weighted by Crippen LogP contribution is -1.97. The summed E-state index contributed by atoms with van der Waals surface area (Å²) in [5.41, 5.74) is 3.01. The normalized spacial score (nSPS) is 16.6. The molecule has 7 aromatic rings. The van der Waals surface area contributed by atoms with Crippen LogP contribution in [0.25, 0.3) is 64.6 Å². The average Bonchev–Trinajstić information content (AvgIpc) is 2.86. The van der Waals surface area contributed by atoms with Crippen molar-refractivity contribution in [3.63, 3.8) is 0 Å². The number of hydrogen-bond donors (Lipinski definition) is 0. The highest BCUT2D eigenvalue weighted by atomic mass is 32.2. The number of thioether (sulfide) groups is 2. The van der Waals surface area contributed by atoms with Gasteiger partial charge in [-0.25, -0.2) is 0 Å². The second kappa shape index (κ2) is 7.04. The number of fused-ring (bicyclic) bond motifs is 5. The third-order valence-corrected chi connectivity index (χ3v) is 10.1. The largest absolute Gasteiger partial charge is 0.157 e. The molecule has 1 aliphatic rings. The van der Waals surface area contributed by atoms with E-state index in [1.54, 1.807) is 0 Å². The summed E-state index contributed by atoms with van der Waals surface area (Å²) in [5.74, 6) is 4.75. The molecule has 0 amide bonds. The molecule has 1 heterocycles. The van der Waals surface area contributed by atoms with Crippen LogP contribution in [0.1, 0.15) is 30.4 Å². The summed E-state index contributed by atoms with van der Waals surface area (Å²) in [6.07, 6.45) is 4.02.